The molecular formula is C48H63ClN2O10S2. The van der Waals surface area contributed by atoms with E-state index in [0.29, 0.717) is 34.6 Å². The molecule has 2 amide bonds. The van der Waals surface area contributed by atoms with E-state index in [4.69, 9.17) is 24.3 Å². The molecular weight excluding hydrogens is 864 g/mol. The van der Waals surface area contributed by atoms with Crippen molar-refractivity contribution in [2.75, 3.05) is 35.5 Å². The second-order valence-corrected chi connectivity index (χ2v) is 18.3. The molecule has 0 aromatic heterocycles. The number of rotatable bonds is 14. The molecule has 0 aliphatic carbocycles. The molecule has 2 saturated heterocycles. The lowest BCUT2D eigenvalue weighted by Crippen LogP contribution is -2.48. The zero-order valence-electron chi connectivity index (χ0n) is 38.0. The molecule has 4 aromatic carbocycles. The van der Waals surface area contributed by atoms with E-state index in [0.717, 1.165) is 62.6 Å². The van der Waals surface area contributed by atoms with E-state index in [1.165, 1.54) is 23.8 Å². The van der Waals surface area contributed by atoms with E-state index in [-0.39, 0.29) is 46.1 Å². The Kier molecular flexibility index (Phi) is 20.3. The van der Waals surface area contributed by atoms with Crippen LogP contribution in [-0.2, 0) is 19.7 Å². The SMILES string of the molecule is C=C1C(=O)N(c2cc(C)c(C)c(OC)c2)[C@H]1c1ccc(C)c(O)c1.C=C1C(=O)N(c2cc(C)c(C)c(OC)c2)[C@H]1c1ccc(C)c(OS(=O)(=O)CCCC)c1.CCCCSCl.O.O. The summed E-state index contributed by atoms with van der Waals surface area (Å²) in [4.78, 5) is 28.5. The monoisotopic (exact) mass is 926 g/mol. The van der Waals surface area contributed by atoms with Crippen LogP contribution in [0, 0.1) is 41.5 Å². The van der Waals surface area contributed by atoms with Gasteiger partial charge < -0.3 is 29.7 Å². The van der Waals surface area contributed by atoms with Gasteiger partial charge in [-0.05, 0) is 134 Å². The molecule has 2 heterocycles. The van der Waals surface area contributed by atoms with Crippen molar-refractivity contribution in [3.8, 4) is 23.0 Å². The smallest absolute Gasteiger partial charge is 0.309 e. The molecule has 0 saturated carbocycles. The van der Waals surface area contributed by atoms with E-state index >= 15 is 0 Å². The van der Waals surface area contributed by atoms with Crippen LogP contribution in [0.1, 0.15) is 96.1 Å². The summed E-state index contributed by atoms with van der Waals surface area (Å²) in [5, 5.41) is 9.99. The molecule has 0 spiro atoms. The first-order chi connectivity index (χ1) is 28.9. The van der Waals surface area contributed by atoms with Gasteiger partial charge in [0.1, 0.15) is 23.0 Å². The minimum atomic E-state index is -3.68. The maximum atomic E-state index is 12.7. The first-order valence-electron chi connectivity index (χ1n) is 20.3. The number of ether oxygens (including phenoxy) is 2. The molecule has 5 N–H and O–H groups in total. The van der Waals surface area contributed by atoms with Crippen molar-refractivity contribution in [2.45, 2.75) is 93.2 Å². The molecule has 0 radical (unpaired) electrons. The third-order valence-electron chi connectivity index (χ3n) is 11.0. The summed E-state index contributed by atoms with van der Waals surface area (Å²) in [5.74, 6) is 2.73. The topological polar surface area (TPSA) is 186 Å². The number of aryl methyl sites for hydroxylation is 4. The van der Waals surface area contributed by atoms with Gasteiger partial charge >= 0.3 is 10.1 Å². The summed E-state index contributed by atoms with van der Waals surface area (Å²) in [7, 11) is 6.24. The molecule has 2 aliphatic rings. The van der Waals surface area contributed by atoms with Crippen LogP contribution in [-0.4, -0.2) is 62.0 Å². The fraction of sp³-hybridized carbons (Fsp3) is 0.375. The summed E-state index contributed by atoms with van der Waals surface area (Å²) in [6, 6.07) is 17.8. The normalized spacial score (nSPS) is 15.3. The average Bonchev–Trinajstić information content (AvgIpc) is 3.24. The molecule has 0 bridgehead atoms. The van der Waals surface area contributed by atoms with Crippen LogP contribution in [0.25, 0.3) is 0 Å². The van der Waals surface area contributed by atoms with Gasteiger partial charge in [0.05, 0.1) is 32.1 Å². The van der Waals surface area contributed by atoms with Gasteiger partial charge in [0, 0.05) is 40.4 Å². The van der Waals surface area contributed by atoms with Gasteiger partial charge in [-0.25, -0.2) is 0 Å². The number of amides is 2. The zero-order valence-corrected chi connectivity index (χ0v) is 40.4. The Bertz CT molecular complexity index is 2400. The molecule has 344 valence electrons. The standard InChI is InChI=1S/C24H29NO5S.C20H21NO3.C4H9ClS.2H2O/c1-7-8-11-31(27,28)30-21-13-19(10-9-15(21)2)23-18(5)24(26)25(23)20-12-16(3)17(4)22(14-20)29-6;1-11-6-7-15(9-17(11)22)19-14(4)20(23)21(19)16-8-12(2)13(3)18(10-16)24-5;1-2-3-4-6-5;;/h9-10,12-14,23H,5,7-8,11H2,1-4,6H3;6-10,19,22H,4H2,1-3,5H3;2-4H2,1H3;2*1H2/t23-;19-;;;/m11.../s1. The Labute approximate surface area is 382 Å². The first-order valence-corrected chi connectivity index (χ1v) is 23.7. The summed E-state index contributed by atoms with van der Waals surface area (Å²) < 4.78 is 40.9. The Balaban J connectivity index is 0.000000381. The second kappa shape index (κ2) is 23.6. The number of anilines is 2. The number of phenolic OH excluding ortho intramolecular Hbond substituents is 1. The van der Waals surface area contributed by atoms with Gasteiger partial charge in [0.2, 0.25) is 0 Å². The maximum Gasteiger partial charge on any atom is 0.309 e. The molecule has 2 atom stereocenters. The van der Waals surface area contributed by atoms with Crippen molar-refractivity contribution in [3.63, 3.8) is 0 Å². The van der Waals surface area contributed by atoms with E-state index in [9.17, 15) is 23.1 Å². The molecule has 4 aromatic rings. The van der Waals surface area contributed by atoms with Crippen LogP contribution in [0.3, 0.4) is 0 Å². The Morgan fingerprint density at radius 3 is 1.51 bits per heavy atom. The number of carbonyl (C=O) groups excluding carboxylic acids is 2. The van der Waals surface area contributed by atoms with Crippen molar-refractivity contribution in [1.29, 1.82) is 0 Å². The van der Waals surface area contributed by atoms with E-state index in [1.54, 1.807) is 49.1 Å². The molecule has 6 rings (SSSR count). The van der Waals surface area contributed by atoms with Crippen LogP contribution in [0.5, 0.6) is 23.0 Å². The van der Waals surface area contributed by atoms with Crippen molar-refractivity contribution in [2.24, 2.45) is 0 Å². The third-order valence-corrected chi connectivity index (χ3v) is 13.1. The highest BCUT2D eigenvalue weighted by Gasteiger charge is 2.44. The van der Waals surface area contributed by atoms with Crippen molar-refractivity contribution in [3.05, 3.63) is 129 Å². The number of benzene rings is 4. The number of β-lactam (4-membered cyclic amide) rings is 2. The number of aromatic hydroxyl groups is 1. The summed E-state index contributed by atoms with van der Waals surface area (Å²) in [5.41, 5.74) is 9.68. The minimum absolute atomic E-state index is 0. The second-order valence-electron chi connectivity index (χ2n) is 15.3. The fourth-order valence-corrected chi connectivity index (χ4v) is 8.79. The molecule has 0 unspecified atom stereocenters. The highest BCUT2D eigenvalue weighted by Crippen LogP contribution is 2.46. The quantitative estimate of drug-likeness (QED) is 0.0556. The lowest BCUT2D eigenvalue weighted by molar-refractivity contribution is -0.119. The van der Waals surface area contributed by atoms with Crippen molar-refractivity contribution < 1.29 is 47.7 Å². The Morgan fingerprint density at radius 1 is 0.667 bits per heavy atom. The predicted molar refractivity (Wildman–Crippen MR) is 257 cm³/mol. The number of halogens is 1. The van der Waals surface area contributed by atoms with Crippen LogP contribution in [0.4, 0.5) is 11.4 Å². The summed E-state index contributed by atoms with van der Waals surface area (Å²) in [6.07, 6.45) is 3.80. The van der Waals surface area contributed by atoms with Crippen molar-refractivity contribution in [1.82, 2.24) is 0 Å². The van der Waals surface area contributed by atoms with Gasteiger partial charge in [-0.15, -0.1) is 0 Å². The number of nitrogens with zero attached hydrogens (tertiary/aromatic N) is 2. The zero-order chi connectivity index (χ0) is 45.3. The van der Waals surface area contributed by atoms with Crippen LogP contribution >= 0.6 is 21.7 Å². The molecule has 2 fully saturated rings. The van der Waals surface area contributed by atoms with Gasteiger partial charge in [0.25, 0.3) is 11.8 Å². The molecule has 12 nitrogen and oxygen atoms in total. The maximum absolute atomic E-state index is 12.7. The fourth-order valence-electron chi connectivity index (χ4n) is 6.88. The molecule has 63 heavy (non-hydrogen) atoms. The van der Waals surface area contributed by atoms with E-state index < -0.39 is 16.2 Å². The van der Waals surface area contributed by atoms with Gasteiger partial charge in [0.15, 0.2) is 0 Å². The molecule has 15 heteroatoms. The summed E-state index contributed by atoms with van der Waals surface area (Å²) >= 11 is 0. The van der Waals surface area contributed by atoms with Gasteiger partial charge in [-0.1, -0.05) is 75.1 Å². The van der Waals surface area contributed by atoms with Crippen molar-refractivity contribution >= 4 is 55.0 Å². The highest BCUT2D eigenvalue weighted by atomic mass is 35.7. The number of hydrogen-bond acceptors (Lipinski definition) is 9. The lowest BCUT2D eigenvalue weighted by atomic mass is 9.87. The number of carbonyl (C=O) groups is 2. The third kappa shape index (κ3) is 12.4. The highest BCUT2D eigenvalue weighted by molar-refractivity contribution is 8.21. The number of methoxy groups -OCH3 is 2. The average molecular weight is 928 g/mol. The lowest BCUT2D eigenvalue weighted by Gasteiger charge is -2.43. The van der Waals surface area contributed by atoms with Crippen LogP contribution < -0.4 is 23.5 Å². The molecule has 2 aliphatic heterocycles. The van der Waals surface area contributed by atoms with E-state index in [1.807, 2.05) is 84.0 Å². The van der Waals surface area contributed by atoms with Gasteiger partial charge in [-0.3, -0.25) is 19.4 Å². The van der Waals surface area contributed by atoms with Crippen LogP contribution in [0.15, 0.2) is 85.0 Å². The minimum Gasteiger partial charge on any atom is -0.508 e. The number of hydrogen-bond donors (Lipinski definition) is 1. The predicted octanol–water partition coefficient (Wildman–Crippen LogP) is 9.77. The summed E-state index contributed by atoms with van der Waals surface area (Å²) in [6.45, 7) is 23.5. The van der Waals surface area contributed by atoms with Crippen LogP contribution in [0.2, 0.25) is 0 Å². The largest absolute Gasteiger partial charge is 0.508 e. The number of phenols is 1. The first kappa shape index (κ1) is 54.1. The van der Waals surface area contributed by atoms with Gasteiger partial charge in [-0.2, -0.15) is 8.42 Å². The number of unbranched alkanes of at least 4 members (excludes halogenated alkanes) is 2. The Hall–Kier alpha value is -4.99. The van der Waals surface area contributed by atoms with E-state index in [2.05, 4.69) is 20.1 Å². The Morgan fingerprint density at radius 2 is 1.11 bits per heavy atom.